The average Bonchev–Trinajstić information content (AvgIpc) is 3.93. The van der Waals surface area contributed by atoms with Crippen LogP contribution in [-0.2, 0) is 54.5 Å². The van der Waals surface area contributed by atoms with E-state index < -0.39 is 71.7 Å². The predicted molar refractivity (Wildman–Crippen MR) is 232 cm³/mol. The van der Waals surface area contributed by atoms with Gasteiger partial charge in [-0.1, -0.05) is 60.7 Å². The number of phenolic OH excluding ortho intramolecular Hbond substituents is 1. The highest BCUT2D eigenvalue weighted by molar-refractivity contribution is 5.97. The van der Waals surface area contributed by atoms with Crippen LogP contribution in [-0.4, -0.2) is 98.3 Å². The van der Waals surface area contributed by atoms with Crippen molar-refractivity contribution in [2.24, 2.45) is 17.2 Å². The standard InChI is InChI=1S/C44H55N11O7/c1-26(51-42(60)38(21-29-23-49-34-12-6-5-11-32(29)34)54-41(59)33(46)22-30-24-48-25-50-30)40(58)53-36(20-28-14-16-31(56)17-15-28)44(62)55-37(19-27-9-3-2-4-10-27)43(61)52-35(39(47)57)13-7-8-18-45/h2-6,9-12,14-17,23-26,33,35-38,49,56H,7-8,13,18-22,45-46H2,1H3,(H2,47,57)(H,48,50)(H,51,60)(H,52,61)(H,53,58)(H,54,59)(H,55,62)/t26-,33-,35-,36-,37+,38+/m0/s1. The lowest BCUT2D eigenvalue weighted by atomic mass is 10.0. The van der Waals surface area contributed by atoms with Crippen molar-refractivity contribution in [3.8, 4) is 5.75 Å². The minimum atomic E-state index is -1.30. The second kappa shape index (κ2) is 22.5. The largest absolute Gasteiger partial charge is 0.508 e. The number of amides is 6. The van der Waals surface area contributed by atoms with Crippen LogP contribution in [0.4, 0.5) is 0 Å². The van der Waals surface area contributed by atoms with Gasteiger partial charge in [-0.3, -0.25) is 28.8 Å². The zero-order valence-electron chi connectivity index (χ0n) is 34.4. The molecule has 5 aromatic rings. The van der Waals surface area contributed by atoms with E-state index in [-0.39, 0.29) is 37.9 Å². The number of aromatic hydroxyl groups is 1. The number of nitrogens with one attached hydrogen (secondary N) is 7. The number of benzene rings is 3. The molecule has 5 rings (SSSR count). The van der Waals surface area contributed by atoms with E-state index in [0.717, 1.165) is 16.5 Å². The van der Waals surface area contributed by atoms with Crippen molar-refractivity contribution < 1.29 is 33.9 Å². The van der Waals surface area contributed by atoms with Gasteiger partial charge in [0.25, 0.3) is 0 Å². The Morgan fingerprint density at radius 1 is 0.661 bits per heavy atom. The summed E-state index contributed by atoms with van der Waals surface area (Å²) in [7, 11) is 0. The Morgan fingerprint density at radius 2 is 1.24 bits per heavy atom. The first kappa shape index (κ1) is 46.0. The first-order chi connectivity index (χ1) is 29.8. The number of para-hydroxylation sites is 1. The maximum absolute atomic E-state index is 14.2. The van der Waals surface area contributed by atoms with E-state index in [2.05, 4.69) is 41.5 Å². The molecule has 0 spiro atoms. The number of carbonyl (C=O) groups excluding carboxylic acids is 6. The zero-order valence-corrected chi connectivity index (χ0v) is 34.4. The molecule has 2 heterocycles. The molecule has 14 N–H and O–H groups in total. The van der Waals surface area contributed by atoms with Crippen LogP contribution < -0.4 is 43.8 Å². The van der Waals surface area contributed by atoms with E-state index >= 15 is 0 Å². The summed E-state index contributed by atoms with van der Waals surface area (Å²) >= 11 is 0. The Bertz CT molecular complexity index is 2270. The molecule has 0 aliphatic heterocycles. The highest BCUT2D eigenvalue weighted by Crippen LogP contribution is 2.20. The molecule has 0 saturated heterocycles. The number of imidazole rings is 1. The van der Waals surface area contributed by atoms with E-state index in [1.54, 1.807) is 54.9 Å². The van der Waals surface area contributed by atoms with Gasteiger partial charge in [0, 0.05) is 54.7 Å². The Morgan fingerprint density at radius 3 is 1.89 bits per heavy atom. The lowest BCUT2D eigenvalue weighted by Gasteiger charge is -2.26. The summed E-state index contributed by atoms with van der Waals surface area (Å²) in [6.07, 6.45) is 6.28. The molecule has 6 amide bonds. The minimum absolute atomic E-state index is 0.0123. The highest BCUT2D eigenvalue weighted by atomic mass is 16.3. The van der Waals surface area contributed by atoms with Crippen molar-refractivity contribution in [3.63, 3.8) is 0 Å². The van der Waals surface area contributed by atoms with Crippen LogP contribution in [0.5, 0.6) is 5.75 Å². The fourth-order valence-electron chi connectivity index (χ4n) is 6.87. The van der Waals surface area contributed by atoms with E-state index in [9.17, 15) is 33.9 Å². The topological polar surface area (TPSA) is 305 Å². The first-order valence-electron chi connectivity index (χ1n) is 20.4. The van der Waals surface area contributed by atoms with Gasteiger partial charge in [-0.25, -0.2) is 4.98 Å². The predicted octanol–water partition coefficient (Wildman–Crippen LogP) is 0.253. The summed E-state index contributed by atoms with van der Waals surface area (Å²) in [6, 6.07) is 15.5. The summed E-state index contributed by atoms with van der Waals surface area (Å²) in [4.78, 5) is 91.6. The second-order valence-electron chi connectivity index (χ2n) is 15.2. The molecule has 0 unspecified atom stereocenters. The summed E-state index contributed by atoms with van der Waals surface area (Å²) in [5, 5.41) is 24.3. The lowest BCUT2D eigenvalue weighted by molar-refractivity contribution is -0.134. The van der Waals surface area contributed by atoms with E-state index in [0.29, 0.717) is 36.2 Å². The zero-order chi connectivity index (χ0) is 44.6. The SMILES string of the molecule is C[C@H](NC(=O)[C@@H](Cc1c[nH]c2ccccc12)NC(=O)[C@@H](N)Cc1cnc[nH]1)C(=O)N[C@@H](Cc1ccc(O)cc1)C(=O)N[C@H](Cc1ccccc1)C(=O)N[C@@H](CCCCN)C(N)=O. The van der Waals surface area contributed by atoms with Gasteiger partial charge in [-0.15, -0.1) is 0 Å². The Hall–Kier alpha value is -7.05. The number of hydrogen-bond acceptors (Lipinski definition) is 10. The number of aromatic nitrogens is 3. The number of fused-ring (bicyclic) bond motifs is 1. The maximum Gasteiger partial charge on any atom is 0.243 e. The molecule has 18 heteroatoms. The van der Waals surface area contributed by atoms with Crippen molar-refractivity contribution in [1.29, 1.82) is 0 Å². The van der Waals surface area contributed by atoms with Gasteiger partial charge >= 0.3 is 0 Å². The number of rotatable bonds is 23. The monoisotopic (exact) mass is 849 g/mol. The number of hydrogen-bond donors (Lipinski definition) is 11. The number of aromatic amines is 2. The fourth-order valence-corrected chi connectivity index (χ4v) is 6.87. The van der Waals surface area contributed by atoms with Gasteiger partial charge in [-0.05, 0) is 67.6 Å². The number of nitrogens with two attached hydrogens (primary N) is 3. The summed E-state index contributed by atoms with van der Waals surface area (Å²) in [5.41, 5.74) is 20.9. The average molecular weight is 850 g/mol. The van der Waals surface area contributed by atoms with E-state index in [4.69, 9.17) is 17.2 Å². The smallest absolute Gasteiger partial charge is 0.243 e. The van der Waals surface area contributed by atoms with Crippen LogP contribution in [0, 0.1) is 0 Å². The normalized spacial score (nSPS) is 14.0. The molecular weight excluding hydrogens is 795 g/mol. The number of nitrogens with zero attached hydrogens (tertiary/aromatic N) is 1. The Kier molecular flexibility index (Phi) is 16.7. The van der Waals surface area contributed by atoms with Crippen molar-refractivity contribution in [2.45, 2.75) is 88.1 Å². The van der Waals surface area contributed by atoms with Gasteiger partial charge in [0.1, 0.15) is 36.0 Å². The van der Waals surface area contributed by atoms with Crippen molar-refractivity contribution >= 4 is 46.3 Å². The summed E-state index contributed by atoms with van der Waals surface area (Å²) in [6.45, 7) is 1.82. The van der Waals surface area contributed by atoms with Crippen molar-refractivity contribution in [2.75, 3.05) is 6.54 Å². The molecule has 18 nitrogen and oxygen atoms in total. The van der Waals surface area contributed by atoms with E-state index in [1.807, 2.05) is 24.3 Å². The van der Waals surface area contributed by atoms with E-state index in [1.165, 1.54) is 25.4 Å². The van der Waals surface area contributed by atoms with Gasteiger partial charge in [0.05, 0.1) is 12.4 Å². The molecule has 62 heavy (non-hydrogen) atoms. The van der Waals surface area contributed by atoms with Crippen LogP contribution >= 0.6 is 0 Å². The van der Waals surface area contributed by atoms with Gasteiger partial charge < -0.3 is 58.9 Å². The molecular formula is C44H55N11O7. The van der Waals surface area contributed by atoms with Gasteiger partial charge in [0.15, 0.2) is 0 Å². The molecule has 0 fully saturated rings. The second-order valence-corrected chi connectivity index (χ2v) is 15.2. The summed E-state index contributed by atoms with van der Waals surface area (Å²) in [5.74, 6) is -4.19. The molecule has 6 atom stereocenters. The third-order valence-corrected chi connectivity index (χ3v) is 10.3. The minimum Gasteiger partial charge on any atom is -0.508 e. The molecule has 3 aromatic carbocycles. The Balaban J connectivity index is 1.34. The first-order valence-corrected chi connectivity index (χ1v) is 20.4. The molecule has 328 valence electrons. The number of carbonyl (C=O) groups is 6. The maximum atomic E-state index is 14.2. The molecule has 2 aromatic heterocycles. The van der Waals surface area contributed by atoms with Gasteiger partial charge in [-0.2, -0.15) is 0 Å². The van der Waals surface area contributed by atoms with Crippen LogP contribution in [0.2, 0.25) is 0 Å². The van der Waals surface area contributed by atoms with Crippen molar-refractivity contribution in [3.05, 3.63) is 120 Å². The quantitative estimate of drug-likeness (QED) is 0.0398. The summed E-state index contributed by atoms with van der Waals surface area (Å²) < 4.78 is 0. The number of H-pyrrole nitrogens is 2. The third kappa shape index (κ3) is 13.5. The van der Waals surface area contributed by atoms with Crippen LogP contribution in [0.1, 0.15) is 48.6 Å². The number of primary amides is 1. The third-order valence-electron chi connectivity index (χ3n) is 10.3. The van der Waals surface area contributed by atoms with Crippen LogP contribution in [0.15, 0.2) is 97.6 Å². The van der Waals surface area contributed by atoms with Crippen LogP contribution in [0.25, 0.3) is 10.9 Å². The highest BCUT2D eigenvalue weighted by Gasteiger charge is 2.32. The molecule has 0 saturated carbocycles. The lowest BCUT2D eigenvalue weighted by Crippen LogP contribution is -2.59. The Labute approximate surface area is 358 Å². The molecule has 0 bridgehead atoms. The molecule has 0 aliphatic carbocycles. The van der Waals surface area contributed by atoms with Crippen molar-refractivity contribution in [1.82, 2.24) is 41.5 Å². The van der Waals surface area contributed by atoms with Gasteiger partial charge in [0.2, 0.25) is 35.4 Å². The fraction of sp³-hybridized carbons (Fsp3) is 0.341. The number of unbranched alkanes of at least 4 members (excludes halogenated alkanes) is 1. The molecule has 0 aliphatic rings. The molecule has 0 radical (unpaired) electrons. The van der Waals surface area contributed by atoms with Crippen LogP contribution in [0.3, 0.4) is 0 Å². The number of phenols is 1.